The van der Waals surface area contributed by atoms with Gasteiger partial charge < -0.3 is 8.53 Å². The first-order valence-electron chi connectivity index (χ1n) is 9.25. The number of hydrogen-bond donors (Lipinski definition) is 0. The molecule has 0 unspecified atom stereocenters. The zero-order valence-corrected chi connectivity index (χ0v) is 16.5. The van der Waals surface area contributed by atoms with Gasteiger partial charge in [-0.25, -0.2) is 0 Å². The van der Waals surface area contributed by atoms with Crippen LogP contribution in [0.4, 0.5) is 0 Å². The quantitative estimate of drug-likeness (QED) is 0.290. The molecule has 0 saturated carbocycles. The summed E-state index contributed by atoms with van der Waals surface area (Å²) in [6, 6.07) is 0. The Morgan fingerprint density at radius 2 is 1.24 bits per heavy atom. The fourth-order valence-corrected chi connectivity index (χ4v) is 5.01. The van der Waals surface area contributed by atoms with Gasteiger partial charge in [-0.1, -0.05) is 75.8 Å². The molecule has 21 heavy (non-hydrogen) atoms. The van der Waals surface area contributed by atoms with E-state index in [4.69, 9.17) is 8.53 Å². The van der Waals surface area contributed by atoms with E-state index >= 15 is 0 Å². The molecule has 0 aliphatic rings. The van der Waals surface area contributed by atoms with E-state index in [0.717, 1.165) is 13.2 Å². The van der Waals surface area contributed by atoms with Gasteiger partial charge in [0.15, 0.2) is 0 Å². The molecule has 0 aromatic heterocycles. The number of rotatable bonds is 14. The van der Waals surface area contributed by atoms with Crippen molar-refractivity contribution in [3.63, 3.8) is 0 Å². The van der Waals surface area contributed by atoms with Gasteiger partial charge in [0, 0.05) is 6.61 Å². The number of unbranched alkanes of at least 4 members (excludes halogenated alkanes) is 6. The fourth-order valence-electron chi connectivity index (χ4n) is 2.47. The van der Waals surface area contributed by atoms with Crippen LogP contribution in [0.5, 0.6) is 0 Å². The Morgan fingerprint density at radius 1 is 0.714 bits per heavy atom. The average molecular weight is 314 g/mol. The van der Waals surface area contributed by atoms with Crippen molar-refractivity contribution >= 4 is 14.5 Å². The van der Waals surface area contributed by atoms with Gasteiger partial charge in [-0.05, 0) is 20.8 Å². The Kier molecular flexibility index (Phi) is 14.4. The van der Waals surface area contributed by atoms with E-state index in [9.17, 15) is 0 Å². The molecule has 0 amide bonds. The van der Waals surface area contributed by atoms with Crippen LogP contribution in [-0.2, 0) is 8.53 Å². The lowest BCUT2D eigenvalue weighted by molar-refractivity contribution is -0.0169. The van der Waals surface area contributed by atoms with E-state index < -0.39 is 14.5 Å². The van der Waals surface area contributed by atoms with Crippen LogP contribution in [0.1, 0.15) is 86.0 Å². The van der Waals surface area contributed by atoms with Gasteiger partial charge in [0.1, 0.15) is 0 Å². The third-order valence-corrected chi connectivity index (χ3v) is 6.54. The largest absolute Gasteiger partial charge is 0.499 e. The van der Waals surface area contributed by atoms with E-state index in [-0.39, 0.29) is 5.60 Å². The lowest BCUT2D eigenvalue weighted by Crippen LogP contribution is -2.25. The van der Waals surface area contributed by atoms with Crippen LogP contribution in [0.2, 0.25) is 10.6 Å². The van der Waals surface area contributed by atoms with Crippen LogP contribution >= 0.6 is 0 Å². The summed E-state index contributed by atoms with van der Waals surface area (Å²) in [5.41, 5.74) is -0.0390. The van der Waals surface area contributed by atoms with Gasteiger partial charge >= 0.3 is 14.5 Å². The number of hydrogen-bond acceptors (Lipinski definition) is 2. The minimum atomic E-state index is -0.985. The molecule has 0 rings (SSSR count). The highest BCUT2D eigenvalue weighted by molar-refractivity contribution is 6.51. The molecule has 0 aromatic rings. The molecule has 0 bridgehead atoms. The maximum Gasteiger partial charge on any atom is 0.460 e. The lowest BCUT2D eigenvalue weighted by atomic mass is 10.2. The first-order valence-corrected chi connectivity index (χ1v) is 11.4. The van der Waals surface area contributed by atoms with Crippen molar-refractivity contribution < 1.29 is 8.53 Å². The maximum absolute atomic E-state index is 6.21. The van der Waals surface area contributed by atoms with Gasteiger partial charge in [-0.3, -0.25) is 0 Å². The first kappa shape index (κ1) is 21.5. The normalized spacial score (nSPS) is 11.9. The minimum absolute atomic E-state index is 0.0390. The molecular weight excluding hydrogens is 275 g/mol. The smallest absolute Gasteiger partial charge is 0.460 e. The zero-order valence-electron chi connectivity index (χ0n) is 15.4. The highest BCUT2D eigenvalue weighted by Gasteiger charge is 2.19. The zero-order chi connectivity index (χ0) is 16.0. The van der Waals surface area contributed by atoms with Crippen LogP contribution in [0, 0.1) is 0 Å². The fraction of sp³-hybridized carbons (Fsp3) is 1.00. The molecule has 0 N–H and O–H groups in total. The Morgan fingerprint density at radius 3 is 1.67 bits per heavy atom. The molecule has 0 radical (unpaired) electrons. The predicted molar refractivity (Wildman–Crippen MR) is 95.3 cm³/mol. The van der Waals surface area contributed by atoms with Crippen LogP contribution in [0.15, 0.2) is 0 Å². The Labute approximate surface area is 138 Å². The summed E-state index contributed by atoms with van der Waals surface area (Å²) in [5, 5.41) is 2.73. The monoisotopic (exact) mass is 314 g/mol. The Hall–Kier alpha value is 0.452. The summed E-state index contributed by atoms with van der Waals surface area (Å²) < 4.78 is 12.0. The molecule has 126 valence electrons. The predicted octanol–water partition coefficient (Wildman–Crippen LogP) is 5.97. The second-order valence-electron chi connectivity index (χ2n) is 7.15. The molecular formula is C18H39AlO2. The molecule has 0 aromatic carbocycles. The van der Waals surface area contributed by atoms with Gasteiger partial charge in [-0.2, -0.15) is 0 Å². The third-order valence-electron chi connectivity index (χ3n) is 3.73. The Bertz CT molecular complexity index is 202. The van der Waals surface area contributed by atoms with Crippen molar-refractivity contribution in [3.8, 4) is 0 Å². The summed E-state index contributed by atoms with van der Waals surface area (Å²) in [5.74, 6) is 0. The number of ether oxygens (including phenoxy) is 1. The van der Waals surface area contributed by atoms with Crippen molar-refractivity contribution in [2.24, 2.45) is 0 Å². The second-order valence-corrected chi connectivity index (χ2v) is 9.88. The second kappa shape index (κ2) is 14.1. The van der Waals surface area contributed by atoms with Gasteiger partial charge in [0.2, 0.25) is 0 Å². The van der Waals surface area contributed by atoms with Crippen LogP contribution in [0.25, 0.3) is 0 Å². The minimum Gasteiger partial charge on any atom is -0.499 e. The SMILES string of the molecule is CCCCC[CH2][Al]([CH2]CCCCC)[O]CCOC(C)(C)C. The molecule has 0 spiro atoms. The first-order chi connectivity index (χ1) is 9.99. The van der Waals surface area contributed by atoms with E-state index in [2.05, 4.69) is 34.6 Å². The van der Waals surface area contributed by atoms with Crippen molar-refractivity contribution in [1.29, 1.82) is 0 Å². The summed E-state index contributed by atoms with van der Waals surface area (Å²) in [6.07, 6.45) is 10.9. The molecule has 0 heterocycles. The van der Waals surface area contributed by atoms with E-state index in [1.807, 2.05) is 0 Å². The van der Waals surface area contributed by atoms with Crippen molar-refractivity contribution in [2.75, 3.05) is 13.2 Å². The van der Waals surface area contributed by atoms with E-state index in [1.165, 1.54) is 61.9 Å². The van der Waals surface area contributed by atoms with Gasteiger partial charge in [0.05, 0.1) is 12.2 Å². The standard InChI is InChI=1S/C6H13O2.2C6H13.Al/c1-6(2,3)8-5-4-7;2*1-3-5-6-4-2;/h4-5H2,1-3H3;2*1,3-6H2,2H3;/q-1;;;+1. The molecule has 0 saturated heterocycles. The van der Waals surface area contributed by atoms with Crippen LogP contribution in [-0.4, -0.2) is 33.3 Å². The van der Waals surface area contributed by atoms with E-state index in [1.54, 1.807) is 0 Å². The topological polar surface area (TPSA) is 18.5 Å². The summed E-state index contributed by atoms with van der Waals surface area (Å²) in [4.78, 5) is 0. The molecule has 3 heteroatoms. The average Bonchev–Trinajstić information content (AvgIpc) is 2.42. The van der Waals surface area contributed by atoms with Crippen molar-refractivity contribution in [3.05, 3.63) is 0 Å². The van der Waals surface area contributed by atoms with Crippen molar-refractivity contribution in [1.82, 2.24) is 0 Å². The maximum atomic E-state index is 6.21. The lowest BCUT2D eigenvalue weighted by Gasteiger charge is -2.21. The van der Waals surface area contributed by atoms with Crippen LogP contribution in [0.3, 0.4) is 0 Å². The molecule has 0 atom stereocenters. The van der Waals surface area contributed by atoms with Gasteiger partial charge in [-0.15, -0.1) is 0 Å². The molecule has 0 fully saturated rings. The highest BCUT2D eigenvalue weighted by Crippen LogP contribution is 2.15. The summed E-state index contributed by atoms with van der Waals surface area (Å²) >= 11 is -0.985. The van der Waals surface area contributed by atoms with Crippen molar-refractivity contribution in [2.45, 2.75) is 102 Å². The Balaban J connectivity index is 3.82. The van der Waals surface area contributed by atoms with E-state index in [0.29, 0.717) is 0 Å². The van der Waals surface area contributed by atoms with Crippen LogP contribution < -0.4 is 0 Å². The molecule has 0 aliphatic carbocycles. The molecule has 2 nitrogen and oxygen atoms in total. The summed E-state index contributed by atoms with van der Waals surface area (Å²) in [6.45, 7) is 12.4. The third kappa shape index (κ3) is 16.6. The van der Waals surface area contributed by atoms with Gasteiger partial charge in [0.25, 0.3) is 0 Å². The summed E-state index contributed by atoms with van der Waals surface area (Å²) in [7, 11) is 0. The highest BCUT2D eigenvalue weighted by atomic mass is 27.2. The molecule has 0 aliphatic heterocycles.